The van der Waals surface area contributed by atoms with Gasteiger partial charge in [-0.05, 0) is 42.0 Å². The van der Waals surface area contributed by atoms with E-state index in [4.69, 9.17) is 17.3 Å². The lowest BCUT2D eigenvalue weighted by Gasteiger charge is -2.20. The second-order valence-corrected chi connectivity index (χ2v) is 6.34. The van der Waals surface area contributed by atoms with Crippen molar-refractivity contribution in [1.82, 2.24) is 0 Å². The summed E-state index contributed by atoms with van der Waals surface area (Å²) in [5.74, 6) is 0. The molecule has 0 heterocycles. The molecule has 0 radical (unpaired) electrons. The Morgan fingerprint density at radius 3 is 2.26 bits per heavy atom. The summed E-state index contributed by atoms with van der Waals surface area (Å²) in [5.41, 5.74) is 7.85. The maximum atomic E-state index is 6.26. The average Bonchev–Trinajstić information content (AvgIpc) is 2.39. The quantitative estimate of drug-likeness (QED) is 0.754. The minimum Gasteiger partial charge on any atom is -0.377 e. The van der Waals surface area contributed by atoms with Crippen LogP contribution in [0.15, 0.2) is 51.4 Å². The lowest BCUT2D eigenvalue weighted by Crippen LogP contribution is -2.20. The van der Waals surface area contributed by atoms with Crippen molar-refractivity contribution < 1.29 is 0 Å². The number of halogens is 3. The fourth-order valence-electron chi connectivity index (χ4n) is 1.80. The molecule has 2 rings (SSSR count). The number of hydrogen-bond acceptors (Lipinski definition) is 2. The molecule has 0 bridgehead atoms. The van der Waals surface area contributed by atoms with Gasteiger partial charge in [-0.3, -0.25) is 0 Å². The van der Waals surface area contributed by atoms with Crippen molar-refractivity contribution >= 4 is 49.1 Å². The first-order valence-corrected chi connectivity index (χ1v) is 7.73. The van der Waals surface area contributed by atoms with Gasteiger partial charge in [0.15, 0.2) is 0 Å². The molecule has 0 saturated carbocycles. The van der Waals surface area contributed by atoms with Crippen LogP contribution in [-0.2, 0) is 0 Å². The number of rotatable bonds is 4. The largest absolute Gasteiger partial charge is 0.377 e. The standard InChI is InChI=1S/C14H13Br2ClN2/c15-9-1-4-11(5-2-9)19-14(8-18)12-6-3-10(16)7-13(12)17/h1-7,14,19H,8,18H2. The first-order chi connectivity index (χ1) is 9.10. The summed E-state index contributed by atoms with van der Waals surface area (Å²) in [6.45, 7) is 0.470. The van der Waals surface area contributed by atoms with Gasteiger partial charge in [-0.2, -0.15) is 0 Å². The molecule has 19 heavy (non-hydrogen) atoms. The van der Waals surface area contributed by atoms with Crippen LogP contribution in [0.3, 0.4) is 0 Å². The first-order valence-electron chi connectivity index (χ1n) is 5.77. The van der Waals surface area contributed by atoms with E-state index < -0.39 is 0 Å². The zero-order valence-electron chi connectivity index (χ0n) is 10.0. The maximum Gasteiger partial charge on any atom is 0.0650 e. The highest BCUT2D eigenvalue weighted by atomic mass is 79.9. The Bertz CT molecular complexity index is 558. The van der Waals surface area contributed by atoms with Crippen LogP contribution in [0.25, 0.3) is 0 Å². The third-order valence-corrected chi connectivity index (χ3v) is 4.11. The highest BCUT2D eigenvalue weighted by molar-refractivity contribution is 9.10. The zero-order valence-corrected chi connectivity index (χ0v) is 14.0. The monoisotopic (exact) mass is 402 g/mol. The molecule has 0 amide bonds. The van der Waals surface area contributed by atoms with E-state index in [1.54, 1.807) is 0 Å². The van der Waals surface area contributed by atoms with Crippen molar-refractivity contribution in [2.75, 3.05) is 11.9 Å². The van der Waals surface area contributed by atoms with Crippen molar-refractivity contribution in [3.8, 4) is 0 Å². The van der Waals surface area contributed by atoms with Crippen LogP contribution in [0.5, 0.6) is 0 Å². The number of benzene rings is 2. The van der Waals surface area contributed by atoms with Gasteiger partial charge in [-0.1, -0.05) is 49.5 Å². The minimum atomic E-state index is -0.0122. The second-order valence-electron chi connectivity index (χ2n) is 4.11. The predicted octanol–water partition coefficient (Wildman–Crippen LogP) is 4.98. The third kappa shape index (κ3) is 3.96. The van der Waals surface area contributed by atoms with E-state index in [-0.39, 0.29) is 6.04 Å². The molecule has 0 fully saturated rings. The second kappa shape index (κ2) is 6.75. The molecule has 0 aromatic heterocycles. The van der Waals surface area contributed by atoms with Gasteiger partial charge in [0.1, 0.15) is 0 Å². The van der Waals surface area contributed by atoms with E-state index in [0.717, 1.165) is 20.2 Å². The van der Waals surface area contributed by atoms with E-state index in [2.05, 4.69) is 37.2 Å². The molecule has 0 saturated heterocycles. The van der Waals surface area contributed by atoms with Crippen LogP contribution < -0.4 is 11.1 Å². The summed E-state index contributed by atoms with van der Waals surface area (Å²) >= 11 is 13.1. The number of nitrogens with two attached hydrogens (primary N) is 1. The summed E-state index contributed by atoms with van der Waals surface area (Å²) in [6.07, 6.45) is 0. The molecule has 0 spiro atoms. The Balaban J connectivity index is 2.22. The van der Waals surface area contributed by atoms with Gasteiger partial charge < -0.3 is 11.1 Å². The van der Waals surface area contributed by atoms with E-state index in [1.807, 2.05) is 42.5 Å². The fraction of sp³-hybridized carbons (Fsp3) is 0.143. The van der Waals surface area contributed by atoms with Crippen molar-refractivity contribution in [2.45, 2.75) is 6.04 Å². The Hall–Kier alpha value is -0.550. The normalized spacial score (nSPS) is 12.2. The lowest BCUT2D eigenvalue weighted by molar-refractivity contribution is 0.790. The fourth-order valence-corrected chi connectivity index (χ4v) is 2.86. The number of hydrogen-bond donors (Lipinski definition) is 2. The molecular weight excluding hydrogens is 391 g/mol. The highest BCUT2D eigenvalue weighted by Gasteiger charge is 2.13. The molecule has 100 valence electrons. The predicted molar refractivity (Wildman–Crippen MR) is 88.7 cm³/mol. The third-order valence-electron chi connectivity index (χ3n) is 2.76. The van der Waals surface area contributed by atoms with Crippen molar-refractivity contribution in [3.05, 3.63) is 62.0 Å². The van der Waals surface area contributed by atoms with Crippen LogP contribution in [0.1, 0.15) is 11.6 Å². The molecule has 2 aromatic rings. The van der Waals surface area contributed by atoms with E-state index >= 15 is 0 Å². The van der Waals surface area contributed by atoms with Crippen LogP contribution in [0, 0.1) is 0 Å². The molecule has 2 nitrogen and oxygen atoms in total. The first kappa shape index (κ1) is 14.9. The SMILES string of the molecule is NCC(Nc1ccc(Br)cc1)c1ccc(Br)cc1Cl. The van der Waals surface area contributed by atoms with Gasteiger partial charge in [-0.15, -0.1) is 0 Å². The Morgan fingerprint density at radius 1 is 1.05 bits per heavy atom. The average molecular weight is 405 g/mol. The van der Waals surface area contributed by atoms with Crippen molar-refractivity contribution in [2.24, 2.45) is 5.73 Å². The van der Waals surface area contributed by atoms with Crippen molar-refractivity contribution in [3.63, 3.8) is 0 Å². The lowest BCUT2D eigenvalue weighted by atomic mass is 10.1. The van der Waals surface area contributed by atoms with E-state index in [1.165, 1.54) is 0 Å². The van der Waals surface area contributed by atoms with Gasteiger partial charge in [0.05, 0.1) is 6.04 Å². The molecule has 2 aromatic carbocycles. The summed E-state index contributed by atoms with van der Waals surface area (Å²) < 4.78 is 2.00. The summed E-state index contributed by atoms with van der Waals surface area (Å²) in [4.78, 5) is 0. The topological polar surface area (TPSA) is 38.0 Å². The Kier molecular flexibility index (Phi) is 5.28. The number of anilines is 1. The van der Waals surface area contributed by atoms with Gasteiger partial charge >= 0.3 is 0 Å². The smallest absolute Gasteiger partial charge is 0.0650 e. The Morgan fingerprint density at radius 2 is 1.68 bits per heavy atom. The van der Waals surface area contributed by atoms with Gasteiger partial charge in [0.2, 0.25) is 0 Å². The molecule has 1 unspecified atom stereocenters. The summed E-state index contributed by atoms with van der Waals surface area (Å²) in [5, 5.41) is 4.09. The van der Waals surface area contributed by atoms with E-state index in [9.17, 15) is 0 Å². The van der Waals surface area contributed by atoms with Crippen LogP contribution in [-0.4, -0.2) is 6.54 Å². The van der Waals surface area contributed by atoms with Gasteiger partial charge in [0, 0.05) is 26.2 Å². The zero-order chi connectivity index (χ0) is 13.8. The molecule has 0 aliphatic carbocycles. The summed E-state index contributed by atoms with van der Waals surface area (Å²) in [6, 6.07) is 13.8. The Labute approximate surface area is 134 Å². The minimum absolute atomic E-state index is 0.0122. The van der Waals surface area contributed by atoms with Gasteiger partial charge in [-0.25, -0.2) is 0 Å². The summed E-state index contributed by atoms with van der Waals surface area (Å²) in [7, 11) is 0. The molecule has 0 aliphatic rings. The van der Waals surface area contributed by atoms with Crippen LogP contribution >= 0.6 is 43.5 Å². The van der Waals surface area contributed by atoms with Gasteiger partial charge in [0.25, 0.3) is 0 Å². The molecule has 1 atom stereocenters. The molecule has 0 aliphatic heterocycles. The van der Waals surface area contributed by atoms with Crippen LogP contribution in [0.4, 0.5) is 5.69 Å². The number of nitrogens with one attached hydrogen (secondary N) is 1. The molecule has 3 N–H and O–H groups in total. The van der Waals surface area contributed by atoms with Crippen molar-refractivity contribution in [1.29, 1.82) is 0 Å². The molecular formula is C14H13Br2ClN2. The molecule has 5 heteroatoms. The van der Waals surface area contributed by atoms with E-state index in [0.29, 0.717) is 11.6 Å². The van der Waals surface area contributed by atoms with Crippen LogP contribution in [0.2, 0.25) is 5.02 Å². The maximum absolute atomic E-state index is 6.26. The highest BCUT2D eigenvalue weighted by Crippen LogP contribution is 2.28.